The first kappa shape index (κ1) is 10.4. The molecule has 0 aromatic heterocycles. The van der Waals surface area contributed by atoms with Crippen LogP contribution >= 0.6 is 15.9 Å². The molecule has 0 radical (unpaired) electrons. The molecular weight excluding hydrogens is 192 g/mol. The van der Waals surface area contributed by atoms with E-state index in [1.807, 2.05) is 0 Å². The van der Waals surface area contributed by atoms with Gasteiger partial charge in [0.05, 0.1) is 6.61 Å². The van der Waals surface area contributed by atoms with E-state index >= 15 is 0 Å². The van der Waals surface area contributed by atoms with Gasteiger partial charge in [-0.15, -0.1) is 0 Å². The highest BCUT2D eigenvalue weighted by Crippen LogP contribution is 2.17. The second-order valence-corrected chi connectivity index (χ2v) is 3.91. The molecule has 2 heteroatoms. The maximum atomic E-state index is 5.41. The van der Waals surface area contributed by atoms with Gasteiger partial charge in [-0.2, -0.15) is 0 Å². The quantitative estimate of drug-likeness (QED) is 0.499. The second kappa shape index (κ2) is 5.14. The summed E-state index contributed by atoms with van der Waals surface area (Å²) >= 11 is 3.44. The van der Waals surface area contributed by atoms with E-state index in [4.69, 9.17) is 4.74 Å². The molecule has 0 aromatic rings. The van der Waals surface area contributed by atoms with Gasteiger partial charge in [-0.25, -0.2) is 0 Å². The Labute approximate surface area is 72.3 Å². The van der Waals surface area contributed by atoms with E-state index < -0.39 is 0 Å². The Bertz CT molecular complexity index is 81.3. The molecule has 0 bridgehead atoms. The number of halogens is 1. The highest BCUT2D eigenvalue weighted by atomic mass is 79.9. The van der Waals surface area contributed by atoms with Crippen LogP contribution in [0.3, 0.4) is 0 Å². The molecule has 0 aliphatic rings. The topological polar surface area (TPSA) is 9.23 Å². The van der Waals surface area contributed by atoms with E-state index in [9.17, 15) is 0 Å². The van der Waals surface area contributed by atoms with Crippen molar-refractivity contribution in [3.63, 3.8) is 0 Å². The zero-order chi connectivity index (χ0) is 8.04. The highest BCUT2D eigenvalue weighted by molar-refractivity contribution is 9.09. The van der Waals surface area contributed by atoms with Crippen molar-refractivity contribution in [2.24, 2.45) is 5.41 Å². The molecule has 0 saturated carbocycles. The van der Waals surface area contributed by atoms with Gasteiger partial charge in [0.15, 0.2) is 0 Å². The Hall–Kier alpha value is 0.440. The van der Waals surface area contributed by atoms with Crippen molar-refractivity contribution in [3.8, 4) is 0 Å². The van der Waals surface area contributed by atoms with Gasteiger partial charge in [0, 0.05) is 11.9 Å². The summed E-state index contributed by atoms with van der Waals surface area (Å²) in [6.07, 6.45) is 1.11. The lowest BCUT2D eigenvalue weighted by Gasteiger charge is -2.20. The van der Waals surface area contributed by atoms with Crippen molar-refractivity contribution in [1.29, 1.82) is 0 Å². The van der Waals surface area contributed by atoms with Gasteiger partial charge in [0.25, 0.3) is 0 Å². The van der Waals surface area contributed by atoms with E-state index in [-0.39, 0.29) is 5.41 Å². The predicted molar refractivity (Wildman–Crippen MR) is 48.7 cm³/mol. The minimum atomic E-state index is 0.287. The van der Waals surface area contributed by atoms with E-state index in [0.29, 0.717) is 0 Å². The molecule has 10 heavy (non-hydrogen) atoms. The zero-order valence-electron chi connectivity index (χ0n) is 7.11. The molecule has 0 N–H and O–H groups in total. The molecule has 0 atom stereocenters. The molecule has 0 aromatic carbocycles. The SMILES string of the molecule is CCCOCC(C)(C)CBr. The first-order valence-corrected chi connectivity index (χ1v) is 4.88. The maximum Gasteiger partial charge on any atom is 0.0525 e. The molecule has 0 aliphatic carbocycles. The average molecular weight is 209 g/mol. The molecule has 0 aliphatic heterocycles. The minimum Gasteiger partial charge on any atom is -0.381 e. The summed E-state index contributed by atoms with van der Waals surface area (Å²) in [7, 11) is 0. The maximum absolute atomic E-state index is 5.41. The highest BCUT2D eigenvalue weighted by Gasteiger charge is 2.15. The monoisotopic (exact) mass is 208 g/mol. The molecular formula is C8H17BrO. The van der Waals surface area contributed by atoms with Crippen LogP contribution in [0.5, 0.6) is 0 Å². The first-order valence-electron chi connectivity index (χ1n) is 3.76. The number of rotatable bonds is 5. The van der Waals surface area contributed by atoms with Crippen molar-refractivity contribution in [2.75, 3.05) is 18.5 Å². The van der Waals surface area contributed by atoms with Gasteiger partial charge in [-0.1, -0.05) is 36.7 Å². The summed E-state index contributed by atoms with van der Waals surface area (Å²) in [5.74, 6) is 0. The van der Waals surface area contributed by atoms with E-state index in [1.165, 1.54) is 0 Å². The Morgan fingerprint density at radius 3 is 2.40 bits per heavy atom. The molecule has 0 heterocycles. The lowest BCUT2D eigenvalue weighted by Crippen LogP contribution is -2.20. The molecule has 0 saturated heterocycles. The van der Waals surface area contributed by atoms with Gasteiger partial charge in [-0.05, 0) is 11.8 Å². The molecule has 0 rings (SSSR count). The van der Waals surface area contributed by atoms with Gasteiger partial charge < -0.3 is 4.74 Å². The normalized spacial score (nSPS) is 12.0. The first-order chi connectivity index (χ1) is 4.62. The molecule has 1 nitrogen and oxygen atoms in total. The molecule has 0 spiro atoms. The summed E-state index contributed by atoms with van der Waals surface area (Å²) < 4.78 is 5.41. The van der Waals surface area contributed by atoms with Crippen molar-refractivity contribution in [3.05, 3.63) is 0 Å². The van der Waals surface area contributed by atoms with E-state index in [0.717, 1.165) is 25.0 Å². The third kappa shape index (κ3) is 5.24. The van der Waals surface area contributed by atoms with Crippen LogP contribution in [0, 0.1) is 5.41 Å². The molecule has 62 valence electrons. The van der Waals surface area contributed by atoms with Crippen LogP contribution in [-0.4, -0.2) is 18.5 Å². The standard InChI is InChI=1S/C8H17BrO/c1-4-5-10-7-8(2,3)6-9/h4-7H2,1-3H3. The molecule has 0 unspecified atom stereocenters. The van der Waals surface area contributed by atoms with E-state index in [2.05, 4.69) is 36.7 Å². The van der Waals surface area contributed by atoms with Crippen molar-refractivity contribution in [2.45, 2.75) is 27.2 Å². The molecule has 0 fully saturated rings. The van der Waals surface area contributed by atoms with Gasteiger partial charge in [0.2, 0.25) is 0 Å². The Balaban J connectivity index is 3.28. The lowest BCUT2D eigenvalue weighted by molar-refractivity contribution is 0.0744. The van der Waals surface area contributed by atoms with Crippen LogP contribution in [0.4, 0.5) is 0 Å². The third-order valence-corrected chi connectivity index (χ3v) is 2.72. The van der Waals surface area contributed by atoms with Crippen LogP contribution in [0.15, 0.2) is 0 Å². The van der Waals surface area contributed by atoms with Gasteiger partial charge in [0.1, 0.15) is 0 Å². The van der Waals surface area contributed by atoms with E-state index in [1.54, 1.807) is 0 Å². The van der Waals surface area contributed by atoms with Crippen LogP contribution in [0.1, 0.15) is 27.2 Å². The number of alkyl halides is 1. The molecule has 0 amide bonds. The van der Waals surface area contributed by atoms with Crippen LogP contribution in [-0.2, 0) is 4.74 Å². The smallest absolute Gasteiger partial charge is 0.0525 e. The average Bonchev–Trinajstić information content (AvgIpc) is 1.89. The summed E-state index contributed by atoms with van der Waals surface area (Å²) in [6.45, 7) is 8.25. The number of ether oxygens (including phenoxy) is 1. The van der Waals surface area contributed by atoms with Crippen LogP contribution < -0.4 is 0 Å². The Morgan fingerprint density at radius 1 is 1.40 bits per heavy atom. The summed E-state index contributed by atoms with van der Waals surface area (Å²) in [5, 5.41) is 1.00. The lowest BCUT2D eigenvalue weighted by atomic mass is 9.99. The minimum absolute atomic E-state index is 0.287. The fourth-order valence-corrected chi connectivity index (χ4v) is 0.693. The fraction of sp³-hybridized carbons (Fsp3) is 1.00. The summed E-state index contributed by atoms with van der Waals surface area (Å²) in [6, 6.07) is 0. The summed E-state index contributed by atoms with van der Waals surface area (Å²) in [5.41, 5.74) is 0.287. The van der Waals surface area contributed by atoms with Crippen molar-refractivity contribution < 1.29 is 4.74 Å². The fourth-order valence-electron chi connectivity index (χ4n) is 0.531. The van der Waals surface area contributed by atoms with Crippen LogP contribution in [0.2, 0.25) is 0 Å². The largest absolute Gasteiger partial charge is 0.381 e. The predicted octanol–water partition coefficient (Wildman–Crippen LogP) is 2.83. The van der Waals surface area contributed by atoms with Gasteiger partial charge in [-0.3, -0.25) is 0 Å². The Kier molecular flexibility index (Phi) is 5.36. The number of hydrogen-bond acceptors (Lipinski definition) is 1. The van der Waals surface area contributed by atoms with Crippen molar-refractivity contribution in [1.82, 2.24) is 0 Å². The zero-order valence-corrected chi connectivity index (χ0v) is 8.70. The van der Waals surface area contributed by atoms with Crippen molar-refractivity contribution >= 4 is 15.9 Å². The Morgan fingerprint density at radius 2 is 2.00 bits per heavy atom. The number of hydrogen-bond donors (Lipinski definition) is 0. The second-order valence-electron chi connectivity index (χ2n) is 3.35. The van der Waals surface area contributed by atoms with Crippen LogP contribution in [0.25, 0.3) is 0 Å². The summed E-state index contributed by atoms with van der Waals surface area (Å²) in [4.78, 5) is 0. The third-order valence-electron chi connectivity index (χ3n) is 1.20. The van der Waals surface area contributed by atoms with Gasteiger partial charge >= 0.3 is 0 Å².